The number of nitrogens with one attached hydrogen (secondary N) is 3. The van der Waals surface area contributed by atoms with Crippen LogP contribution in [-0.2, 0) is 6.54 Å². The van der Waals surface area contributed by atoms with E-state index in [2.05, 4.69) is 20.6 Å². The van der Waals surface area contributed by atoms with Crippen molar-refractivity contribution in [3.8, 4) is 17.0 Å². The van der Waals surface area contributed by atoms with Crippen LogP contribution in [0.1, 0.15) is 6.42 Å². The normalized spacial score (nSPS) is 11.2. The molecule has 2 aromatic rings. The topological polar surface area (TPSA) is 121 Å². The number of aliphatic imine (C=N–C) groups is 1. The number of benzene rings is 1. The van der Waals surface area contributed by atoms with E-state index in [1.165, 1.54) is 13.2 Å². The summed E-state index contributed by atoms with van der Waals surface area (Å²) in [6.45, 7) is 0.887. The van der Waals surface area contributed by atoms with Crippen LogP contribution in [0.4, 0.5) is 4.79 Å². The Bertz CT molecular complexity index is 1000. The lowest BCUT2D eigenvalue weighted by molar-refractivity contribution is 0.205. The molecule has 1 aromatic heterocycles. The first-order chi connectivity index (χ1) is 13.3. The Morgan fingerprint density at radius 1 is 1.43 bits per heavy atom. The summed E-state index contributed by atoms with van der Waals surface area (Å²) in [5, 5.41) is 14.8. The van der Waals surface area contributed by atoms with E-state index in [-0.39, 0.29) is 16.3 Å². The van der Waals surface area contributed by atoms with Gasteiger partial charge in [0.1, 0.15) is 5.75 Å². The number of carboxylic acid groups (broad SMARTS) is 1. The minimum atomic E-state index is -1.30. The molecule has 0 fully saturated rings. The third-order valence-electron chi connectivity index (χ3n) is 3.77. The Balaban J connectivity index is 2.29. The fraction of sp³-hybridized carbons (Fsp3) is 0.294. The van der Waals surface area contributed by atoms with Crippen molar-refractivity contribution in [1.29, 1.82) is 0 Å². The van der Waals surface area contributed by atoms with Gasteiger partial charge in [0.25, 0.3) is 5.56 Å². The number of amides is 1. The number of hydrogen-bond donors (Lipinski definition) is 4. The molecule has 0 radical (unpaired) electrons. The van der Waals surface area contributed by atoms with Crippen LogP contribution >= 0.6 is 23.8 Å². The van der Waals surface area contributed by atoms with Crippen LogP contribution in [0.3, 0.4) is 0 Å². The second-order valence-corrected chi connectivity index (χ2v) is 6.42. The van der Waals surface area contributed by atoms with E-state index < -0.39 is 6.09 Å². The van der Waals surface area contributed by atoms with E-state index in [0.717, 1.165) is 0 Å². The smallest absolute Gasteiger partial charge is 0.434 e. The molecule has 0 bridgehead atoms. The molecule has 150 valence electrons. The van der Waals surface area contributed by atoms with E-state index >= 15 is 0 Å². The number of rotatable bonds is 6. The molecule has 9 nitrogen and oxygen atoms in total. The molecule has 0 spiro atoms. The third kappa shape index (κ3) is 5.57. The summed E-state index contributed by atoms with van der Waals surface area (Å²) in [4.78, 5) is 28.6. The van der Waals surface area contributed by atoms with Crippen molar-refractivity contribution in [1.82, 2.24) is 20.2 Å². The zero-order chi connectivity index (χ0) is 20.7. The van der Waals surface area contributed by atoms with Crippen LogP contribution in [0.15, 0.2) is 34.1 Å². The predicted molar refractivity (Wildman–Crippen MR) is 110 cm³/mol. The molecule has 2 rings (SSSR count). The van der Waals surface area contributed by atoms with Gasteiger partial charge in [0.05, 0.1) is 12.8 Å². The van der Waals surface area contributed by atoms with E-state index in [1.807, 2.05) is 0 Å². The molecule has 0 atom stereocenters. The van der Waals surface area contributed by atoms with Crippen LogP contribution in [-0.4, -0.2) is 47.4 Å². The summed E-state index contributed by atoms with van der Waals surface area (Å²) in [6, 6.07) is 6.55. The van der Waals surface area contributed by atoms with Crippen LogP contribution < -0.4 is 20.9 Å². The summed E-state index contributed by atoms with van der Waals surface area (Å²) in [5.41, 5.74) is 0.882. The highest BCUT2D eigenvalue weighted by Gasteiger charge is 2.13. The fourth-order valence-electron chi connectivity index (χ4n) is 2.57. The molecule has 4 N–H and O–H groups in total. The first-order valence-electron chi connectivity index (χ1n) is 8.27. The lowest BCUT2D eigenvalue weighted by atomic mass is 10.1. The number of ether oxygens (including phenoxy) is 1. The molecule has 1 amide bonds. The van der Waals surface area contributed by atoms with Gasteiger partial charge in [0, 0.05) is 36.8 Å². The second-order valence-electron chi connectivity index (χ2n) is 5.59. The number of aromatic amines is 1. The quantitative estimate of drug-likeness (QED) is 0.243. The largest absolute Gasteiger partial charge is 0.496 e. The maximum absolute atomic E-state index is 12.0. The van der Waals surface area contributed by atoms with Crippen molar-refractivity contribution >= 4 is 35.9 Å². The van der Waals surface area contributed by atoms with E-state index in [1.54, 1.807) is 29.8 Å². The van der Waals surface area contributed by atoms with Crippen molar-refractivity contribution in [2.45, 2.75) is 13.0 Å². The van der Waals surface area contributed by atoms with Crippen LogP contribution in [0.2, 0.25) is 5.02 Å². The molecule has 0 aliphatic heterocycles. The first-order valence-corrected chi connectivity index (χ1v) is 9.05. The van der Waals surface area contributed by atoms with Gasteiger partial charge in [-0.3, -0.25) is 9.78 Å². The fourth-order valence-corrected chi connectivity index (χ4v) is 3.03. The Morgan fingerprint density at radius 3 is 2.82 bits per heavy atom. The highest BCUT2D eigenvalue weighted by atomic mass is 35.5. The van der Waals surface area contributed by atoms with Gasteiger partial charge < -0.3 is 25.0 Å². The molecule has 0 saturated heterocycles. The summed E-state index contributed by atoms with van der Waals surface area (Å²) in [5.74, 6) is 0.705. The monoisotopic (exact) mass is 425 g/mol. The van der Waals surface area contributed by atoms with Gasteiger partial charge in [-0.05, 0) is 36.8 Å². The number of guanidine groups is 1. The maximum Gasteiger partial charge on any atom is 0.434 e. The number of H-pyrrole nitrogens is 1. The van der Waals surface area contributed by atoms with E-state index in [0.29, 0.717) is 41.5 Å². The van der Waals surface area contributed by atoms with Gasteiger partial charge in [-0.2, -0.15) is 0 Å². The molecule has 0 saturated carbocycles. The number of nitrogens with zero attached hydrogens (tertiary/aromatic N) is 2. The average Bonchev–Trinajstić information content (AvgIpc) is 2.64. The van der Waals surface area contributed by atoms with E-state index in [9.17, 15) is 9.59 Å². The molecule has 1 aromatic carbocycles. The van der Waals surface area contributed by atoms with Gasteiger partial charge in [0.15, 0.2) is 4.77 Å². The SMILES string of the molecule is CNC(=NC(=O)O)NCCCn1c(-c2cc(Cl)ccc2OC)cc(=O)[nH]c1=S. The minimum absolute atomic E-state index is 0.147. The molecule has 0 unspecified atom stereocenters. The summed E-state index contributed by atoms with van der Waals surface area (Å²) in [6.07, 6.45) is -0.716. The lowest BCUT2D eigenvalue weighted by Gasteiger charge is -2.16. The van der Waals surface area contributed by atoms with Crippen molar-refractivity contribution in [2.24, 2.45) is 4.99 Å². The molecular formula is C17H20ClN5O4S. The van der Waals surface area contributed by atoms with Crippen LogP contribution in [0, 0.1) is 4.77 Å². The Kier molecular flexibility index (Phi) is 7.59. The van der Waals surface area contributed by atoms with Gasteiger partial charge in [-0.25, -0.2) is 4.79 Å². The second kappa shape index (κ2) is 9.90. The lowest BCUT2D eigenvalue weighted by Crippen LogP contribution is -2.36. The molecule has 0 aliphatic carbocycles. The van der Waals surface area contributed by atoms with Crippen molar-refractivity contribution in [3.63, 3.8) is 0 Å². The minimum Gasteiger partial charge on any atom is -0.496 e. The molecular weight excluding hydrogens is 406 g/mol. The molecule has 28 heavy (non-hydrogen) atoms. The Labute approximate surface area is 171 Å². The standard InChI is InChI=1S/C17H20ClN5O4S/c1-19-15(22-17(25)26)20-6-3-7-23-12(9-14(24)21-16(23)28)11-8-10(18)4-5-13(11)27-2/h4-5,8-9H,3,6-7H2,1-2H3,(H,25,26)(H2,19,20,22)(H,21,24,28). The first kappa shape index (κ1) is 21.5. The van der Waals surface area contributed by atoms with Gasteiger partial charge >= 0.3 is 6.09 Å². The van der Waals surface area contributed by atoms with Gasteiger partial charge in [0.2, 0.25) is 5.96 Å². The predicted octanol–water partition coefficient (Wildman–Crippen LogP) is 2.47. The van der Waals surface area contributed by atoms with Crippen LogP contribution in [0.25, 0.3) is 11.3 Å². The molecule has 0 aliphatic rings. The third-order valence-corrected chi connectivity index (χ3v) is 4.32. The average molecular weight is 426 g/mol. The highest BCUT2D eigenvalue weighted by molar-refractivity contribution is 7.71. The van der Waals surface area contributed by atoms with Gasteiger partial charge in [-0.15, -0.1) is 4.99 Å². The zero-order valence-corrected chi connectivity index (χ0v) is 16.9. The molecule has 1 heterocycles. The highest BCUT2D eigenvalue weighted by Crippen LogP contribution is 2.32. The maximum atomic E-state index is 12.0. The molecule has 11 heteroatoms. The number of halogens is 1. The number of aromatic nitrogens is 2. The zero-order valence-electron chi connectivity index (χ0n) is 15.3. The summed E-state index contributed by atoms with van der Waals surface area (Å²) < 4.78 is 7.41. The summed E-state index contributed by atoms with van der Waals surface area (Å²) in [7, 11) is 3.10. The van der Waals surface area contributed by atoms with Crippen LogP contribution in [0.5, 0.6) is 5.75 Å². The van der Waals surface area contributed by atoms with Crippen molar-refractivity contribution in [3.05, 3.63) is 44.4 Å². The number of hydrogen-bond acceptors (Lipinski definition) is 4. The van der Waals surface area contributed by atoms with E-state index in [4.69, 9.17) is 33.7 Å². The van der Waals surface area contributed by atoms with Gasteiger partial charge in [-0.1, -0.05) is 11.6 Å². The number of methoxy groups -OCH3 is 1. The number of carbonyl (C=O) groups is 1. The Morgan fingerprint density at radius 2 is 2.18 bits per heavy atom. The Hall–Kier alpha value is -2.85. The summed E-state index contributed by atoms with van der Waals surface area (Å²) >= 11 is 11.4. The van der Waals surface area contributed by atoms with Crippen molar-refractivity contribution in [2.75, 3.05) is 20.7 Å². The van der Waals surface area contributed by atoms with Crippen molar-refractivity contribution < 1.29 is 14.6 Å².